The van der Waals surface area contributed by atoms with Crippen molar-refractivity contribution in [2.24, 2.45) is 0 Å². The zero-order valence-electron chi connectivity index (χ0n) is 8.18. The van der Waals surface area contributed by atoms with E-state index in [2.05, 4.69) is 15.0 Å². The first-order valence-electron chi connectivity index (χ1n) is 4.77. The van der Waals surface area contributed by atoms with Crippen molar-refractivity contribution < 1.29 is 4.79 Å². The van der Waals surface area contributed by atoms with Crippen molar-refractivity contribution in [3.05, 3.63) is 47.8 Å². The second-order valence-corrected chi connectivity index (χ2v) is 3.21. The molecule has 0 unspecified atom stereocenters. The Bertz CT molecular complexity index is 436. The van der Waals surface area contributed by atoms with Gasteiger partial charge in [-0.1, -0.05) is 6.07 Å². The van der Waals surface area contributed by atoms with Crippen molar-refractivity contribution in [3.63, 3.8) is 0 Å². The Kier molecular flexibility index (Phi) is 2.88. The maximum atomic E-state index is 10.6. The van der Waals surface area contributed by atoms with Gasteiger partial charge in [0.1, 0.15) is 5.69 Å². The first-order chi connectivity index (χ1) is 7.40. The highest BCUT2D eigenvalue weighted by atomic mass is 16.1. The number of H-pyrrole nitrogens is 1. The molecule has 0 aliphatic heterocycles. The van der Waals surface area contributed by atoms with Gasteiger partial charge in [0.05, 0.1) is 6.33 Å². The topological polar surface area (TPSA) is 58.6 Å². The maximum Gasteiger partial charge on any atom is 0.170 e. The SMILES string of the molecule is O=Cc1nc[nH]c1CCc1ccccn1. The van der Waals surface area contributed by atoms with Gasteiger partial charge in [-0.05, 0) is 25.0 Å². The number of carbonyl (C=O) groups is 1. The molecule has 0 atom stereocenters. The molecule has 4 nitrogen and oxygen atoms in total. The fraction of sp³-hybridized carbons (Fsp3) is 0.182. The Balaban J connectivity index is 2.02. The number of imidazole rings is 1. The van der Waals surface area contributed by atoms with Crippen LogP contribution in [0.25, 0.3) is 0 Å². The minimum absolute atomic E-state index is 0.492. The van der Waals surface area contributed by atoms with Gasteiger partial charge >= 0.3 is 0 Å². The first kappa shape index (κ1) is 9.58. The zero-order chi connectivity index (χ0) is 10.5. The molecule has 0 aliphatic rings. The predicted molar refractivity (Wildman–Crippen MR) is 55.6 cm³/mol. The van der Waals surface area contributed by atoms with Crippen LogP contribution >= 0.6 is 0 Å². The Morgan fingerprint density at radius 2 is 2.20 bits per heavy atom. The molecule has 2 heterocycles. The lowest BCUT2D eigenvalue weighted by molar-refractivity contribution is 0.111. The quantitative estimate of drug-likeness (QED) is 0.761. The van der Waals surface area contributed by atoms with E-state index in [1.807, 2.05) is 18.2 Å². The van der Waals surface area contributed by atoms with Gasteiger partial charge in [0.25, 0.3) is 0 Å². The summed E-state index contributed by atoms with van der Waals surface area (Å²) in [5, 5.41) is 0. The maximum absolute atomic E-state index is 10.6. The summed E-state index contributed by atoms with van der Waals surface area (Å²) in [6, 6.07) is 5.81. The molecule has 0 fully saturated rings. The van der Waals surface area contributed by atoms with Gasteiger partial charge < -0.3 is 4.98 Å². The molecular weight excluding hydrogens is 190 g/mol. The summed E-state index contributed by atoms with van der Waals surface area (Å²) in [5.41, 5.74) is 2.38. The Morgan fingerprint density at radius 3 is 2.93 bits per heavy atom. The number of hydrogen-bond acceptors (Lipinski definition) is 3. The fourth-order valence-corrected chi connectivity index (χ4v) is 1.43. The van der Waals surface area contributed by atoms with Gasteiger partial charge in [0, 0.05) is 17.6 Å². The highest BCUT2D eigenvalue weighted by molar-refractivity contribution is 5.73. The summed E-state index contributed by atoms with van der Waals surface area (Å²) < 4.78 is 0. The van der Waals surface area contributed by atoms with Crippen LogP contribution in [-0.4, -0.2) is 21.2 Å². The minimum Gasteiger partial charge on any atom is -0.348 e. The Hall–Kier alpha value is -1.97. The predicted octanol–water partition coefficient (Wildman–Crippen LogP) is 1.40. The monoisotopic (exact) mass is 201 g/mol. The molecule has 0 saturated carbocycles. The average molecular weight is 201 g/mol. The molecule has 15 heavy (non-hydrogen) atoms. The summed E-state index contributed by atoms with van der Waals surface area (Å²) in [5.74, 6) is 0. The van der Waals surface area contributed by atoms with E-state index in [4.69, 9.17) is 0 Å². The number of rotatable bonds is 4. The number of nitrogens with one attached hydrogen (secondary N) is 1. The van der Waals surface area contributed by atoms with E-state index in [0.717, 1.165) is 30.5 Å². The van der Waals surface area contributed by atoms with Crippen LogP contribution in [-0.2, 0) is 12.8 Å². The third kappa shape index (κ3) is 2.28. The van der Waals surface area contributed by atoms with Gasteiger partial charge in [-0.2, -0.15) is 0 Å². The number of pyridine rings is 1. The Morgan fingerprint density at radius 1 is 1.27 bits per heavy atom. The Labute approximate surface area is 87.4 Å². The lowest BCUT2D eigenvalue weighted by atomic mass is 10.1. The van der Waals surface area contributed by atoms with Crippen LogP contribution in [0.2, 0.25) is 0 Å². The molecule has 2 rings (SSSR count). The van der Waals surface area contributed by atoms with Crippen LogP contribution < -0.4 is 0 Å². The van der Waals surface area contributed by atoms with E-state index in [-0.39, 0.29) is 0 Å². The molecule has 0 aromatic carbocycles. The number of aryl methyl sites for hydroxylation is 2. The smallest absolute Gasteiger partial charge is 0.170 e. The van der Waals surface area contributed by atoms with Crippen LogP contribution in [0.1, 0.15) is 21.9 Å². The van der Waals surface area contributed by atoms with Crippen molar-refractivity contribution in [3.8, 4) is 0 Å². The molecule has 0 spiro atoms. The number of carbonyl (C=O) groups excluding carboxylic acids is 1. The molecular formula is C11H11N3O. The van der Waals surface area contributed by atoms with Crippen LogP contribution in [0.4, 0.5) is 0 Å². The summed E-state index contributed by atoms with van der Waals surface area (Å²) in [4.78, 5) is 21.7. The minimum atomic E-state index is 0.492. The summed E-state index contributed by atoms with van der Waals surface area (Å²) in [7, 11) is 0. The van der Waals surface area contributed by atoms with Crippen molar-refractivity contribution in [2.75, 3.05) is 0 Å². The van der Waals surface area contributed by atoms with E-state index in [9.17, 15) is 4.79 Å². The van der Waals surface area contributed by atoms with Gasteiger partial charge in [0.15, 0.2) is 6.29 Å². The molecule has 0 bridgehead atoms. The van der Waals surface area contributed by atoms with Crippen molar-refractivity contribution in [1.29, 1.82) is 0 Å². The molecule has 2 aromatic heterocycles. The highest BCUT2D eigenvalue weighted by Crippen LogP contribution is 2.05. The van der Waals surface area contributed by atoms with Gasteiger partial charge in [-0.3, -0.25) is 9.78 Å². The summed E-state index contributed by atoms with van der Waals surface area (Å²) in [6.07, 6.45) is 5.64. The van der Waals surface area contributed by atoms with Crippen molar-refractivity contribution in [2.45, 2.75) is 12.8 Å². The van der Waals surface area contributed by atoms with Gasteiger partial charge in [0.2, 0.25) is 0 Å². The van der Waals surface area contributed by atoms with Crippen molar-refractivity contribution in [1.82, 2.24) is 15.0 Å². The van der Waals surface area contributed by atoms with E-state index in [1.54, 1.807) is 6.20 Å². The standard InChI is InChI=1S/C11H11N3O/c15-7-11-10(13-8-14-11)5-4-9-3-1-2-6-12-9/h1-3,6-8H,4-5H2,(H,13,14). The number of nitrogens with zero attached hydrogens (tertiary/aromatic N) is 2. The third-order valence-corrected chi connectivity index (χ3v) is 2.22. The summed E-state index contributed by atoms with van der Waals surface area (Å²) >= 11 is 0. The molecule has 2 aromatic rings. The normalized spacial score (nSPS) is 10.1. The molecule has 4 heteroatoms. The van der Waals surface area contributed by atoms with Crippen molar-refractivity contribution >= 4 is 6.29 Å². The second-order valence-electron chi connectivity index (χ2n) is 3.21. The van der Waals surface area contributed by atoms with Crippen LogP contribution in [0, 0.1) is 0 Å². The fourth-order valence-electron chi connectivity index (χ4n) is 1.43. The van der Waals surface area contributed by atoms with E-state index >= 15 is 0 Å². The van der Waals surface area contributed by atoms with E-state index in [0.29, 0.717) is 5.69 Å². The number of aldehydes is 1. The average Bonchev–Trinajstić information content (AvgIpc) is 2.75. The highest BCUT2D eigenvalue weighted by Gasteiger charge is 2.04. The molecule has 0 aliphatic carbocycles. The molecule has 0 radical (unpaired) electrons. The van der Waals surface area contributed by atoms with E-state index in [1.165, 1.54) is 6.33 Å². The van der Waals surface area contributed by atoms with E-state index < -0.39 is 0 Å². The lowest BCUT2D eigenvalue weighted by Crippen LogP contribution is -1.97. The largest absolute Gasteiger partial charge is 0.348 e. The van der Waals surface area contributed by atoms with Gasteiger partial charge in [-0.15, -0.1) is 0 Å². The van der Waals surface area contributed by atoms with Crippen LogP contribution in [0.3, 0.4) is 0 Å². The molecule has 1 N–H and O–H groups in total. The number of aromatic amines is 1. The van der Waals surface area contributed by atoms with Crippen LogP contribution in [0.15, 0.2) is 30.7 Å². The number of aromatic nitrogens is 3. The first-order valence-corrected chi connectivity index (χ1v) is 4.77. The zero-order valence-corrected chi connectivity index (χ0v) is 8.18. The molecule has 0 saturated heterocycles. The van der Waals surface area contributed by atoms with Crippen LogP contribution in [0.5, 0.6) is 0 Å². The summed E-state index contributed by atoms with van der Waals surface area (Å²) in [6.45, 7) is 0. The second kappa shape index (κ2) is 4.50. The molecule has 76 valence electrons. The molecule has 0 amide bonds. The number of hydrogen-bond donors (Lipinski definition) is 1. The lowest BCUT2D eigenvalue weighted by Gasteiger charge is -1.98. The van der Waals surface area contributed by atoms with Gasteiger partial charge in [-0.25, -0.2) is 4.98 Å². The third-order valence-electron chi connectivity index (χ3n) is 2.22.